The molecule has 2 rings (SSSR count). The second-order valence-electron chi connectivity index (χ2n) is 3.29. The molecule has 2 aromatic rings. The van der Waals surface area contributed by atoms with Crippen LogP contribution in [-0.2, 0) is 13.5 Å². The third kappa shape index (κ3) is 2.23. The van der Waals surface area contributed by atoms with Crippen LogP contribution in [0.1, 0.15) is 16.6 Å². The number of nitrogens with one attached hydrogen (secondary N) is 1. The van der Waals surface area contributed by atoms with E-state index in [1.165, 1.54) is 4.88 Å². The van der Waals surface area contributed by atoms with Gasteiger partial charge in [0.1, 0.15) is 0 Å². The van der Waals surface area contributed by atoms with E-state index in [1.807, 2.05) is 13.1 Å². The van der Waals surface area contributed by atoms with Gasteiger partial charge in [-0.25, -0.2) is 0 Å². The van der Waals surface area contributed by atoms with Gasteiger partial charge in [-0.15, -0.1) is 16.4 Å². The smallest absolute Gasteiger partial charge is 0.0770 e. The second kappa shape index (κ2) is 4.52. The maximum Gasteiger partial charge on any atom is 0.0770 e. The first-order valence-corrected chi connectivity index (χ1v) is 5.52. The van der Waals surface area contributed by atoms with Gasteiger partial charge in [-0.05, 0) is 11.4 Å². The molecule has 15 heavy (non-hydrogen) atoms. The summed E-state index contributed by atoms with van der Waals surface area (Å²) in [5.74, 6) is 5.54. The predicted molar refractivity (Wildman–Crippen MR) is 59.1 cm³/mol. The van der Waals surface area contributed by atoms with E-state index in [1.54, 1.807) is 22.2 Å². The fraction of sp³-hybridized carbons (Fsp3) is 0.333. The van der Waals surface area contributed by atoms with Crippen molar-refractivity contribution in [2.24, 2.45) is 12.9 Å². The summed E-state index contributed by atoms with van der Waals surface area (Å²) in [6, 6.07) is 4.19. The van der Waals surface area contributed by atoms with Crippen LogP contribution in [0.4, 0.5) is 0 Å². The Kier molecular flexibility index (Phi) is 3.10. The molecule has 2 heterocycles. The molecule has 0 aliphatic heterocycles. The zero-order valence-corrected chi connectivity index (χ0v) is 9.24. The summed E-state index contributed by atoms with van der Waals surface area (Å²) in [6.07, 6.45) is 2.59. The number of hydrazine groups is 1. The monoisotopic (exact) mass is 223 g/mol. The minimum Gasteiger partial charge on any atom is -0.271 e. The van der Waals surface area contributed by atoms with Crippen molar-refractivity contribution in [1.82, 2.24) is 20.4 Å². The van der Waals surface area contributed by atoms with Crippen molar-refractivity contribution in [3.63, 3.8) is 0 Å². The van der Waals surface area contributed by atoms with E-state index in [0.717, 1.165) is 12.1 Å². The lowest BCUT2D eigenvalue weighted by atomic mass is 10.1. The molecule has 0 bridgehead atoms. The standard InChI is InChI=1S/C9H13N5S/c1-14-9(6-11-13-14)8(12-10)5-7-3-2-4-15-7/h2-4,6,8,12H,5,10H2,1H3. The molecule has 1 unspecified atom stereocenters. The lowest BCUT2D eigenvalue weighted by Gasteiger charge is -2.14. The van der Waals surface area contributed by atoms with E-state index in [-0.39, 0.29) is 6.04 Å². The molecule has 5 nitrogen and oxygen atoms in total. The number of nitrogens with zero attached hydrogens (tertiary/aromatic N) is 3. The first kappa shape index (κ1) is 10.3. The minimum atomic E-state index is 0.0589. The first-order chi connectivity index (χ1) is 7.31. The van der Waals surface area contributed by atoms with Gasteiger partial charge in [0.05, 0.1) is 17.9 Å². The maximum absolute atomic E-state index is 5.54. The van der Waals surface area contributed by atoms with Gasteiger partial charge in [0, 0.05) is 18.3 Å². The van der Waals surface area contributed by atoms with Crippen molar-refractivity contribution >= 4 is 11.3 Å². The molecule has 0 aromatic carbocycles. The number of hydrogen-bond acceptors (Lipinski definition) is 5. The molecule has 0 aliphatic carbocycles. The van der Waals surface area contributed by atoms with Crippen LogP contribution in [0.25, 0.3) is 0 Å². The molecule has 0 saturated carbocycles. The van der Waals surface area contributed by atoms with Crippen molar-refractivity contribution in [2.75, 3.05) is 0 Å². The van der Waals surface area contributed by atoms with E-state index in [4.69, 9.17) is 5.84 Å². The van der Waals surface area contributed by atoms with Crippen LogP contribution in [0.15, 0.2) is 23.7 Å². The topological polar surface area (TPSA) is 68.8 Å². The highest BCUT2D eigenvalue weighted by atomic mass is 32.1. The number of aryl methyl sites for hydroxylation is 1. The number of rotatable bonds is 4. The average molecular weight is 223 g/mol. The molecule has 0 aliphatic rings. The van der Waals surface area contributed by atoms with E-state index in [2.05, 4.69) is 27.2 Å². The molecule has 0 fully saturated rings. The van der Waals surface area contributed by atoms with Gasteiger partial charge in [0.15, 0.2) is 0 Å². The fourth-order valence-corrected chi connectivity index (χ4v) is 2.24. The molecule has 80 valence electrons. The minimum absolute atomic E-state index is 0.0589. The lowest BCUT2D eigenvalue weighted by Crippen LogP contribution is -2.30. The van der Waals surface area contributed by atoms with E-state index in [0.29, 0.717) is 0 Å². The summed E-state index contributed by atoms with van der Waals surface area (Å²) in [5, 5.41) is 9.79. The summed E-state index contributed by atoms with van der Waals surface area (Å²) >= 11 is 1.72. The van der Waals surface area contributed by atoms with Crippen LogP contribution in [0.3, 0.4) is 0 Å². The number of hydrogen-bond donors (Lipinski definition) is 2. The SMILES string of the molecule is Cn1nncc1C(Cc1cccs1)NN. The van der Waals surface area contributed by atoms with Crippen LogP contribution < -0.4 is 11.3 Å². The van der Waals surface area contributed by atoms with Gasteiger partial charge in [-0.3, -0.25) is 16.0 Å². The van der Waals surface area contributed by atoms with Gasteiger partial charge < -0.3 is 0 Å². The molecule has 6 heteroatoms. The molecular weight excluding hydrogens is 210 g/mol. The van der Waals surface area contributed by atoms with Crippen molar-refractivity contribution in [3.05, 3.63) is 34.3 Å². The number of thiophene rings is 1. The summed E-state index contributed by atoms with van der Waals surface area (Å²) in [6.45, 7) is 0. The van der Waals surface area contributed by atoms with Crippen LogP contribution in [0, 0.1) is 0 Å². The van der Waals surface area contributed by atoms with E-state index < -0.39 is 0 Å². The summed E-state index contributed by atoms with van der Waals surface area (Å²) in [4.78, 5) is 1.29. The predicted octanol–water partition coefficient (Wildman–Crippen LogP) is 0.624. The Morgan fingerprint density at radius 3 is 3.07 bits per heavy atom. The maximum atomic E-state index is 5.54. The van der Waals surface area contributed by atoms with Crippen molar-refractivity contribution in [1.29, 1.82) is 0 Å². The highest BCUT2D eigenvalue weighted by molar-refractivity contribution is 7.09. The Balaban J connectivity index is 2.15. The van der Waals surface area contributed by atoms with Crippen LogP contribution in [0.5, 0.6) is 0 Å². The van der Waals surface area contributed by atoms with Crippen molar-refractivity contribution in [2.45, 2.75) is 12.5 Å². The summed E-state index contributed by atoms with van der Waals surface area (Å²) in [5.41, 5.74) is 3.78. The van der Waals surface area contributed by atoms with Gasteiger partial charge in [0.25, 0.3) is 0 Å². The molecule has 3 N–H and O–H groups in total. The largest absolute Gasteiger partial charge is 0.271 e. The Morgan fingerprint density at radius 1 is 1.67 bits per heavy atom. The molecule has 0 saturated heterocycles. The highest BCUT2D eigenvalue weighted by Gasteiger charge is 2.14. The third-order valence-electron chi connectivity index (χ3n) is 2.29. The third-order valence-corrected chi connectivity index (χ3v) is 3.19. The quantitative estimate of drug-likeness (QED) is 0.589. The van der Waals surface area contributed by atoms with Gasteiger partial charge in [-0.1, -0.05) is 11.3 Å². The van der Waals surface area contributed by atoms with Gasteiger partial charge in [0.2, 0.25) is 0 Å². The summed E-state index contributed by atoms with van der Waals surface area (Å²) in [7, 11) is 1.86. The second-order valence-corrected chi connectivity index (χ2v) is 4.32. The van der Waals surface area contributed by atoms with Crippen LogP contribution in [0.2, 0.25) is 0 Å². The molecule has 0 amide bonds. The molecule has 0 spiro atoms. The number of aromatic nitrogens is 3. The van der Waals surface area contributed by atoms with Gasteiger partial charge in [-0.2, -0.15) is 0 Å². The fourth-order valence-electron chi connectivity index (χ4n) is 1.49. The van der Waals surface area contributed by atoms with E-state index in [9.17, 15) is 0 Å². The molecule has 0 radical (unpaired) electrons. The Labute approximate surface area is 91.9 Å². The molecule has 1 atom stereocenters. The first-order valence-electron chi connectivity index (χ1n) is 4.64. The molecule has 2 aromatic heterocycles. The Morgan fingerprint density at radius 2 is 2.53 bits per heavy atom. The average Bonchev–Trinajstić information content (AvgIpc) is 2.85. The molecular formula is C9H13N5S. The van der Waals surface area contributed by atoms with Crippen molar-refractivity contribution in [3.8, 4) is 0 Å². The van der Waals surface area contributed by atoms with Gasteiger partial charge >= 0.3 is 0 Å². The van der Waals surface area contributed by atoms with E-state index >= 15 is 0 Å². The Bertz CT molecular complexity index is 408. The zero-order valence-electron chi connectivity index (χ0n) is 8.42. The van der Waals surface area contributed by atoms with Crippen LogP contribution >= 0.6 is 11.3 Å². The summed E-state index contributed by atoms with van der Waals surface area (Å²) < 4.78 is 1.73. The highest BCUT2D eigenvalue weighted by Crippen LogP contribution is 2.19. The Hall–Kier alpha value is -1.24. The van der Waals surface area contributed by atoms with Crippen LogP contribution in [-0.4, -0.2) is 15.0 Å². The normalized spacial score (nSPS) is 12.9. The lowest BCUT2D eigenvalue weighted by molar-refractivity contribution is 0.509. The number of nitrogens with two attached hydrogens (primary N) is 1. The van der Waals surface area contributed by atoms with Crippen molar-refractivity contribution < 1.29 is 0 Å². The zero-order chi connectivity index (χ0) is 10.7.